The van der Waals surface area contributed by atoms with Gasteiger partial charge in [-0.2, -0.15) is 4.98 Å². The van der Waals surface area contributed by atoms with Gasteiger partial charge in [-0.05, 0) is 12.0 Å². The maximum atomic E-state index is 12.6. The van der Waals surface area contributed by atoms with Crippen molar-refractivity contribution in [2.75, 3.05) is 5.75 Å². The molecule has 4 rings (SSSR count). The molecule has 126 valence electrons. The van der Waals surface area contributed by atoms with Crippen molar-refractivity contribution >= 4 is 17.7 Å². The second kappa shape index (κ2) is 5.34. The third kappa shape index (κ3) is 2.27. The molecule has 2 aliphatic rings. The monoisotopic (exact) mass is 343 g/mol. The molecule has 6 heteroatoms. The Morgan fingerprint density at radius 1 is 1.29 bits per heavy atom. The third-order valence-electron chi connectivity index (χ3n) is 4.75. The number of aromatic nitrogens is 2. The summed E-state index contributed by atoms with van der Waals surface area (Å²) in [6, 6.07) is 10.1. The second-order valence-corrected chi connectivity index (χ2v) is 8.74. The molecule has 1 aromatic heterocycles. The van der Waals surface area contributed by atoms with Crippen LogP contribution in [0, 0.1) is 0 Å². The fraction of sp³-hybridized carbons (Fsp3) is 0.500. The van der Waals surface area contributed by atoms with Crippen LogP contribution in [0.2, 0.25) is 0 Å². The number of amides is 1. The van der Waals surface area contributed by atoms with E-state index >= 15 is 0 Å². The number of fused-ring (bicyclic) bond motifs is 1. The van der Waals surface area contributed by atoms with Gasteiger partial charge in [-0.15, -0.1) is 11.8 Å². The summed E-state index contributed by atoms with van der Waals surface area (Å²) < 4.78 is 5.54. The smallest absolute Gasteiger partial charge is 0.250 e. The zero-order valence-corrected chi connectivity index (χ0v) is 15.0. The fourth-order valence-corrected chi connectivity index (χ4v) is 5.14. The number of hydrogen-bond donors (Lipinski definition) is 0. The van der Waals surface area contributed by atoms with Crippen LogP contribution in [-0.4, -0.2) is 26.7 Å². The van der Waals surface area contributed by atoms with Crippen LogP contribution in [0.25, 0.3) is 0 Å². The minimum Gasteiger partial charge on any atom is -0.337 e. The Morgan fingerprint density at radius 3 is 2.71 bits per heavy atom. The topological polar surface area (TPSA) is 59.2 Å². The predicted molar refractivity (Wildman–Crippen MR) is 92.4 cm³/mol. The van der Waals surface area contributed by atoms with Gasteiger partial charge in [0.2, 0.25) is 11.8 Å². The third-order valence-corrected chi connectivity index (χ3v) is 6.35. The average Bonchev–Trinajstić information content (AvgIpc) is 3.24. The lowest BCUT2D eigenvalue weighted by Crippen LogP contribution is -2.38. The van der Waals surface area contributed by atoms with E-state index in [-0.39, 0.29) is 22.2 Å². The molecule has 5 nitrogen and oxygen atoms in total. The van der Waals surface area contributed by atoms with Crippen molar-refractivity contribution < 1.29 is 9.32 Å². The molecule has 1 amide bonds. The first-order chi connectivity index (χ1) is 11.4. The summed E-state index contributed by atoms with van der Waals surface area (Å²) in [4.78, 5) is 18.9. The predicted octanol–water partition coefficient (Wildman–Crippen LogP) is 3.63. The molecule has 2 fully saturated rings. The largest absolute Gasteiger partial charge is 0.337 e. The van der Waals surface area contributed by atoms with Crippen LogP contribution in [-0.2, 0) is 15.1 Å². The molecular formula is C18H21N3O2S. The van der Waals surface area contributed by atoms with E-state index in [0.29, 0.717) is 18.1 Å². The average molecular weight is 343 g/mol. The molecule has 0 N–H and O–H groups in total. The molecule has 2 aromatic rings. The van der Waals surface area contributed by atoms with Crippen molar-refractivity contribution in [3.8, 4) is 0 Å². The normalized spacial score (nSPS) is 26.9. The van der Waals surface area contributed by atoms with Gasteiger partial charge >= 0.3 is 0 Å². The second-order valence-electron chi connectivity index (χ2n) is 7.45. The number of rotatable bonds is 2. The quantitative estimate of drug-likeness (QED) is 0.833. The van der Waals surface area contributed by atoms with Gasteiger partial charge in [-0.1, -0.05) is 56.3 Å². The van der Waals surface area contributed by atoms with Crippen molar-refractivity contribution in [3.05, 3.63) is 47.6 Å². The molecule has 1 aromatic carbocycles. The Hall–Kier alpha value is -1.82. The Balaban J connectivity index is 1.72. The zero-order chi connectivity index (χ0) is 16.9. The fourth-order valence-electron chi connectivity index (χ4n) is 3.50. The highest BCUT2D eigenvalue weighted by Crippen LogP contribution is 2.58. The summed E-state index contributed by atoms with van der Waals surface area (Å²) in [6.07, 6.45) is 1.40. The van der Waals surface area contributed by atoms with E-state index in [4.69, 9.17) is 4.52 Å². The van der Waals surface area contributed by atoms with Crippen LogP contribution in [0.4, 0.5) is 0 Å². The Labute approximate surface area is 145 Å². The summed E-state index contributed by atoms with van der Waals surface area (Å²) in [5.74, 6) is 2.20. The number of benzene rings is 1. The van der Waals surface area contributed by atoms with Gasteiger partial charge in [0.25, 0.3) is 0 Å². The van der Waals surface area contributed by atoms with Crippen molar-refractivity contribution in [2.24, 2.45) is 0 Å². The first-order valence-corrected chi connectivity index (χ1v) is 9.26. The molecule has 2 atom stereocenters. The van der Waals surface area contributed by atoms with E-state index in [2.05, 4.69) is 43.0 Å². The number of carbonyl (C=O) groups is 1. The number of carbonyl (C=O) groups excluding carboxylic acids is 1. The molecule has 24 heavy (non-hydrogen) atoms. The van der Waals surface area contributed by atoms with Crippen LogP contribution >= 0.6 is 11.8 Å². The van der Waals surface area contributed by atoms with Crippen LogP contribution in [0.1, 0.15) is 56.9 Å². The van der Waals surface area contributed by atoms with E-state index in [0.717, 1.165) is 12.2 Å². The van der Waals surface area contributed by atoms with Gasteiger partial charge in [0.15, 0.2) is 5.82 Å². The lowest BCUT2D eigenvalue weighted by atomic mass is 9.96. The summed E-state index contributed by atoms with van der Waals surface area (Å²) in [5.41, 5.74) is 1.01. The lowest BCUT2D eigenvalue weighted by molar-refractivity contribution is -0.131. The maximum Gasteiger partial charge on any atom is 0.250 e. The summed E-state index contributed by atoms with van der Waals surface area (Å²) in [7, 11) is 0. The molecule has 2 saturated heterocycles. The molecule has 2 unspecified atom stereocenters. The van der Waals surface area contributed by atoms with Crippen LogP contribution in [0.5, 0.6) is 0 Å². The SMILES string of the molecule is CC(C)(C)c1noc(C2CSC3(c4ccccc4)CCC(=O)N23)n1. The number of thioether (sulfide) groups is 1. The van der Waals surface area contributed by atoms with Gasteiger partial charge < -0.3 is 9.42 Å². The van der Waals surface area contributed by atoms with E-state index in [1.54, 1.807) is 0 Å². The van der Waals surface area contributed by atoms with Crippen molar-refractivity contribution in [2.45, 2.75) is 49.9 Å². The van der Waals surface area contributed by atoms with E-state index < -0.39 is 0 Å². The highest BCUT2D eigenvalue weighted by molar-refractivity contribution is 8.00. The van der Waals surface area contributed by atoms with Crippen molar-refractivity contribution in [3.63, 3.8) is 0 Å². The van der Waals surface area contributed by atoms with Crippen LogP contribution in [0.15, 0.2) is 34.9 Å². The van der Waals surface area contributed by atoms with Gasteiger partial charge in [0, 0.05) is 17.6 Å². The number of hydrogen-bond acceptors (Lipinski definition) is 5. The Bertz CT molecular complexity index is 768. The molecule has 0 bridgehead atoms. The first kappa shape index (κ1) is 15.7. The molecular weight excluding hydrogens is 322 g/mol. The van der Waals surface area contributed by atoms with E-state index in [1.165, 1.54) is 5.56 Å². The standard InChI is InChI=1S/C18H21N3O2S/c1-17(2,3)16-19-15(23-20-16)13-11-24-18(10-9-14(22)21(13)18)12-7-5-4-6-8-12/h4-8,13H,9-11H2,1-3H3. The summed E-state index contributed by atoms with van der Waals surface area (Å²) >= 11 is 1.81. The molecule has 0 spiro atoms. The van der Waals surface area contributed by atoms with E-state index in [1.807, 2.05) is 34.9 Å². The molecule has 0 saturated carbocycles. The van der Waals surface area contributed by atoms with E-state index in [9.17, 15) is 4.79 Å². The van der Waals surface area contributed by atoms with Crippen molar-refractivity contribution in [1.82, 2.24) is 15.0 Å². The van der Waals surface area contributed by atoms with Gasteiger partial charge in [-0.3, -0.25) is 4.79 Å². The maximum absolute atomic E-state index is 12.6. The molecule has 0 aliphatic carbocycles. The molecule has 0 radical (unpaired) electrons. The summed E-state index contributed by atoms with van der Waals surface area (Å²) in [5, 5.41) is 4.13. The Morgan fingerprint density at radius 2 is 2.04 bits per heavy atom. The molecule has 2 aliphatic heterocycles. The highest BCUT2D eigenvalue weighted by Gasteiger charge is 2.56. The Kier molecular flexibility index (Phi) is 3.49. The molecule has 3 heterocycles. The number of nitrogens with zero attached hydrogens (tertiary/aromatic N) is 3. The minimum absolute atomic E-state index is 0.145. The van der Waals surface area contributed by atoms with Gasteiger partial charge in [0.1, 0.15) is 10.9 Å². The van der Waals surface area contributed by atoms with Crippen LogP contribution in [0.3, 0.4) is 0 Å². The zero-order valence-electron chi connectivity index (χ0n) is 14.2. The minimum atomic E-state index is -0.292. The lowest BCUT2D eigenvalue weighted by Gasteiger charge is -2.33. The first-order valence-electron chi connectivity index (χ1n) is 8.27. The van der Waals surface area contributed by atoms with Crippen LogP contribution < -0.4 is 0 Å². The highest BCUT2D eigenvalue weighted by atomic mass is 32.2. The van der Waals surface area contributed by atoms with Gasteiger partial charge in [-0.25, -0.2) is 0 Å². The van der Waals surface area contributed by atoms with Gasteiger partial charge in [0.05, 0.1) is 0 Å². The van der Waals surface area contributed by atoms with Crippen molar-refractivity contribution in [1.29, 1.82) is 0 Å². The summed E-state index contributed by atoms with van der Waals surface area (Å²) in [6.45, 7) is 6.17.